The topological polar surface area (TPSA) is 64.3 Å². The summed E-state index contributed by atoms with van der Waals surface area (Å²) in [5, 5.41) is 7.17. The van der Waals surface area contributed by atoms with Crippen molar-refractivity contribution in [2.45, 2.75) is 57.9 Å². The predicted octanol–water partition coefficient (Wildman–Crippen LogP) is 2.64. The number of nitrogens with zero attached hydrogens (tertiary/aromatic N) is 4. The zero-order valence-electron chi connectivity index (χ0n) is 12.9. The molecular weight excluding hydrogens is 300 g/mol. The highest BCUT2D eigenvalue weighted by atomic mass is 32.1. The summed E-state index contributed by atoms with van der Waals surface area (Å²) in [6.07, 6.45) is 3.35. The van der Waals surface area contributed by atoms with Crippen molar-refractivity contribution < 1.29 is 9.26 Å². The maximum Gasteiger partial charge on any atom is 0.255 e. The monoisotopic (exact) mass is 320 g/mol. The lowest BCUT2D eigenvalue weighted by Gasteiger charge is -2.34. The van der Waals surface area contributed by atoms with E-state index in [0.29, 0.717) is 17.8 Å². The molecule has 0 bridgehead atoms. The average Bonchev–Trinajstić information content (AvgIpc) is 3.21. The molecule has 7 heteroatoms. The Kier molecular flexibility index (Phi) is 3.71. The number of aryl methyl sites for hydroxylation is 2. The van der Waals surface area contributed by atoms with Gasteiger partial charge in [-0.2, -0.15) is 4.98 Å². The summed E-state index contributed by atoms with van der Waals surface area (Å²) in [7, 11) is 0. The van der Waals surface area contributed by atoms with Crippen LogP contribution in [0.2, 0.25) is 0 Å². The van der Waals surface area contributed by atoms with Gasteiger partial charge >= 0.3 is 0 Å². The zero-order valence-corrected chi connectivity index (χ0v) is 13.7. The molecule has 118 valence electrons. The molecule has 4 heterocycles. The van der Waals surface area contributed by atoms with Crippen molar-refractivity contribution in [3.05, 3.63) is 27.8 Å². The fourth-order valence-corrected chi connectivity index (χ4v) is 4.13. The third kappa shape index (κ3) is 2.68. The zero-order chi connectivity index (χ0) is 15.1. The van der Waals surface area contributed by atoms with Gasteiger partial charge in [-0.05, 0) is 33.1 Å². The standard InChI is InChI=1S/C15H20N4O2S/c1-9-16-15(21-18-9)14-4-3-12-13(20-14)5-6-19(12)7-11-8-22-10(2)17-11/h8,12-14H,3-7H2,1-2H3/t12-,13-,14-/m1/s1. The predicted molar refractivity (Wildman–Crippen MR) is 81.5 cm³/mol. The normalized spacial score (nSPS) is 28.9. The molecule has 0 N–H and O–H groups in total. The third-order valence-corrected chi connectivity index (χ3v) is 5.34. The molecule has 6 nitrogen and oxygen atoms in total. The molecule has 0 radical (unpaired) electrons. The Hall–Kier alpha value is -1.31. The molecule has 0 spiro atoms. The van der Waals surface area contributed by atoms with Crippen molar-refractivity contribution in [2.24, 2.45) is 0 Å². The van der Waals surface area contributed by atoms with E-state index in [-0.39, 0.29) is 12.2 Å². The molecule has 4 rings (SSSR count). The summed E-state index contributed by atoms with van der Waals surface area (Å²) in [4.78, 5) is 11.4. The number of hydrogen-bond donors (Lipinski definition) is 0. The summed E-state index contributed by atoms with van der Waals surface area (Å²) < 4.78 is 11.5. The quantitative estimate of drug-likeness (QED) is 0.866. The Morgan fingerprint density at radius 2 is 2.18 bits per heavy atom. The van der Waals surface area contributed by atoms with Gasteiger partial charge in [0.2, 0.25) is 0 Å². The highest BCUT2D eigenvalue weighted by molar-refractivity contribution is 7.09. The fraction of sp³-hybridized carbons (Fsp3) is 0.667. The van der Waals surface area contributed by atoms with E-state index in [9.17, 15) is 0 Å². The molecule has 2 aromatic rings. The van der Waals surface area contributed by atoms with Crippen LogP contribution in [-0.2, 0) is 11.3 Å². The first-order valence-electron chi connectivity index (χ1n) is 7.80. The van der Waals surface area contributed by atoms with Gasteiger partial charge in [0.25, 0.3) is 5.89 Å². The number of fused-ring (bicyclic) bond motifs is 1. The molecule has 22 heavy (non-hydrogen) atoms. The molecule has 0 unspecified atom stereocenters. The minimum absolute atomic E-state index is 0.0380. The van der Waals surface area contributed by atoms with Gasteiger partial charge in [-0.25, -0.2) is 4.98 Å². The minimum atomic E-state index is -0.0380. The molecule has 0 aromatic carbocycles. The lowest BCUT2D eigenvalue weighted by molar-refractivity contribution is -0.0832. The average molecular weight is 320 g/mol. The van der Waals surface area contributed by atoms with Crippen molar-refractivity contribution in [2.75, 3.05) is 6.54 Å². The van der Waals surface area contributed by atoms with Crippen LogP contribution in [0.4, 0.5) is 0 Å². The smallest absolute Gasteiger partial charge is 0.255 e. The molecule has 0 aliphatic carbocycles. The van der Waals surface area contributed by atoms with Crippen LogP contribution in [0.5, 0.6) is 0 Å². The van der Waals surface area contributed by atoms with Crippen LogP contribution < -0.4 is 0 Å². The van der Waals surface area contributed by atoms with E-state index in [1.807, 2.05) is 6.92 Å². The number of ether oxygens (including phenoxy) is 1. The third-order valence-electron chi connectivity index (χ3n) is 4.51. The molecule has 2 aromatic heterocycles. The van der Waals surface area contributed by atoms with E-state index in [4.69, 9.17) is 9.26 Å². The molecule has 2 aliphatic rings. The number of likely N-dealkylation sites (tertiary alicyclic amines) is 1. The van der Waals surface area contributed by atoms with Crippen molar-refractivity contribution in [3.63, 3.8) is 0 Å². The second-order valence-corrected chi connectivity index (χ2v) is 7.17. The Morgan fingerprint density at radius 1 is 1.27 bits per heavy atom. The van der Waals surface area contributed by atoms with Gasteiger partial charge < -0.3 is 9.26 Å². The van der Waals surface area contributed by atoms with Gasteiger partial charge in [0, 0.05) is 24.5 Å². The second kappa shape index (κ2) is 5.72. The second-order valence-electron chi connectivity index (χ2n) is 6.10. The van der Waals surface area contributed by atoms with Crippen LogP contribution in [0.15, 0.2) is 9.90 Å². The Balaban J connectivity index is 1.41. The Morgan fingerprint density at radius 3 is 2.91 bits per heavy atom. The number of rotatable bonds is 3. The van der Waals surface area contributed by atoms with Crippen LogP contribution in [0.3, 0.4) is 0 Å². The maximum atomic E-state index is 6.23. The summed E-state index contributed by atoms with van der Waals surface area (Å²) in [6.45, 7) is 5.90. The van der Waals surface area contributed by atoms with Gasteiger partial charge in [-0.3, -0.25) is 4.90 Å². The summed E-state index contributed by atoms with van der Waals surface area (Å²) >= 11 is 1.72. The first kappa shape index (κ1) is 14.3. The maximum absolute atomic E-state index is 6.23. The SMILES string of the molecule is Cc1noc([C@H]2CC[C@@H]3[C@@H](CCN3Cc3csc(C)n3)O2)n1. The Bertz CT molecular complexity index is 656. The lowest BCUT2D eigenvalue weighted by atomic mass is 9.99. The minimum Gasteiger partial charge on any atom is -0.363 e. The van der Waals surface area contributed by atoms with E-state index in [0.717, 1.165) is 37.4 Å². The van der Waals surface area contributed by atoms with E-state index >= 15 is 0 Å². The van der Waals surface area contributed by atoms with Crippen molar-refractivity contribution in [1.82, 2.24) is 20.0 Å². The first-order valence-corrected chi connectivity index (χ1v) is 8.68. The van der Waals surface area contributed by atoms with Crippen LogP contribution in [0.25, 0.3) is 0 Å². The summed E-state index contributed by atoms with van der Waals surface area (Å²) in [5.74, 6) is 1.30. The van der Waals surface area contributed by atoms with Crippen molar-refractivity contribution in [3.8, 4) is 0 Å². The highest BCUT2D eigenvalue weighted by Gasteiger charge is 2.41. The van der Waals surface area contributed by atoms with Crippen molar-refractivity contribution >= 4 is 11.3 Å². The molecule has 2 fully saturated rings. The van der Waals surface area contributed by atoms with Crippen LogP contribution >= 0.6 is 11.3 Å². The van der Waals surface area contributed by atoms with Gasteiger partial charge in [-0.15, -0.1) is 11.3 Å². The molecule has 2 saturated heterocycles. The first-order chi connectivity index (χ1) is 10.7. The van der Waals surface area contributed by atoms with E-state index in [1.165, 1.54) is 5.69 Å². The fourth-order valence-electron chi connectivity index (χ4n) is 3.53. The van der Waals surface area contributed by atoms with Crippen LogP contribution in [0, 0.1) is 13.8 Å². The van der Waals surface area contributed by atoms with Crippen LogP contribution in [-0.4, -0.2) is 38.7 Å². The van der Waals surface area contributed by atoms with E-state index < -0.39 is 0 Å². The van der Waals surface area contributed by atoms with Crippen LogP contribution in [0.1, 0.15) is 47.8 Å². The molecule has 3 atom stereocenters. The van der Waals surface area contributed by atoms with Gasteiger partial charge in [0.15, 0.2) is 5.82 Å². The number of thiazole rings is 1. The molecular formula is C15H20N4O2S. The number of aromatic nitrogens is 3. The van der Waals surface area contributed by atoms with E-state index in [2.05, 4.69) is 32.3 Å². The Labute approximate surface area is 133 Å². The summed E-state index contributed by atoms with van der Waals surface area (Å²) in [5.41, 5.74) is 1.18. The molecule has 2 aliphatic heterocycles. The number of hydrogen-bond acceptors (Lipinski definition) is 7. The molecule has 0 saturated carbocycles. The molecule has 0 amide bonds. The largest absolute Gasteiger partial charge is 0.363 e. The highest BCUT2D eigenvalue weighted by Crippen LogP contribution is 2.38. The van der Waals surface area contributed by atoms with Gasteiger partial charge in [0.1, 0.15) is 6.10 Å². The van der Waals surface area contributed by atoms with E-state index in [1.54, 1.807) is 11.3 Å². The summed E-state index contributed by atoms with van der Waals surface area (Å²) in [6, 6.07) is 0.488. The van der Waals surface area contributed by atoms with Gasteiger partial charge in [-0.1, -0.05) is 5.16 Å². The lowest BCUT2D eigenvalue weighted by Crippen LogP contribution is -2.40. The van der Waals surface area contributed by atoms with Crippen molar-refractivity contribution in [1.29, 1.82) is 0 Å². The van der Waals surface area contributed by atoms with Gasteiger partial charge in [0.05, 0.1) is 16.8 Å².